The van der Waals surface area contributed by atoms with Crippen molar-refractivity contribution in [1.82, 2.24) is 25.6 Å². The molecule has 0 spiro atoms. The third-order valence-corrected chi connectivity index (χ3v) is 7.53. The predicted octanol–water partition coefficient (Wildman–Crippen LogP) is 3.84. The van der Waals surface area contributed by atoms with E-state index in [1.807, 2.05) is 36.4 Å². The third kappa shape index (κ3) is 4.12. The fourth-order valence-electron chi connectivity index (χ4n) is 4.02. The molecule has 32 heavy (non-hydrogen) atoms. The SMILES string of the molecule is Cc1ccc2nc(N3CCS(O)(O)c4ccccc4C3)cc(NCCc3nnn[nH]3)c2c1. The van der Waals surface area contributed by atoms with E-state index in [9.17, 15) is 9.11 Å². The number of hydrogen-bond donors (Lipinski definition) is 4. The number of nitrogens with zero attached hydrogens (tertiary/aromatic N) is 5. The van der Waals surface area contributed by atoms with Gasteiger partial charge in [-0.3, -0.25) is 9.11 Å². The second-order valence-electron chi connectivity index (χ2n) is 7.97. The minimum Gasteiger partial charge on any atom is -0.384 e. The van der Waals surface area contributed by atoms with Crippen LogP contribution in [0.1, 0.15) is 17.0 Å². The van der Waals surface area contributed by atoms with E-state index in [0.29, 0.717) is 31.0 Å². The maximum atomic E-state index is 10.7. The van der Waals surface area contributed by atoms with Crippen molar-refractivity contribution in [3.63, 3.8) is 0 Å². The lowest BCUT2D eigenvalue weighted by atomic mass is 10.1. The normalized spacial score (nSPS) is 16.4. The number of aryl methyl sites for hydroxylation is 1. The van der Waals surface area contributed by atoms with Crippen molar-refractivity contribution in [3.8, 4) is 0 Å². The van der Waals surface area contributed by atoms with Gasteiger partial charge in [-0.25, -0.2) is 10.1 Å². The Morgan fingerprint density at radius 1 is 1.16 bits per heavy atom. The van der Waals surface area contributed by atoms with Gasteiger partial charge in [-0.15, -0.1) is 5.10 Å². The number of tetrazole rings is 1. The van der Waals surface area contributed by atoms with E-state index < -0.39 is 10.6 Å². The van der Waals surface area contributed by atoms with Gasteiger partial charge in [0.2, 0.25) is 0 Å². The molecular weight excluding hydrogens is 426 g/mol. The van der Waals surface area contributed by atoms with Crippen LogP contribution < -0.4 is 10.2 Å². The Balaban J connectivity index is 1.49. The second kappa shape index (κ2) is 8.38. The van der Waals surface area contributed by atoms with Crippen molar-refractivity contribution in [2.24, 2.45) is 0 Å². The summed E-state index contributed by atoms with van der Waals surface area (Å²) in [6, 6.07) is 15.8. The van der Waals surface area contributed by atoms with Crippen LogP contribution in [0.4, 0.5) is 11.5 Å². The van der Waals surface area contributed by atoms with Crippen molar-refractivity contribution in [1.29, 1.82) is 0 Å². The molecule has 10 heteroatoms. The van der Waals surface area contributed by atoms with Crippen molar-refractivity contribution < 1.29 is 9.11 Å². The molecule has 0 fully saturated rings. The lowest BCUT2D eigenvalue weighted by Crippen LogP contribution is -2.26. The molecule has 2 aromatic carbocycles. The zero-order valence-electron chi connectivity index (χ0n) is 17.7. The number of anilines is 2. The third-order valence-electron chi connectivity index (χ3n) is 5.67. The van der Waals surface area contributed by atoms with Gasteiger partial charge in [-0.05, 0) is 41.1 Å². The number of pyridine rings is 1. The number of nitrogens with one attached hydrogen (secondary N) is 2. The molecule has 0 radical (unpaired) electrons. The summed E-state index contributed by atoms with van der Waals surface area (Å²) in [6.45, 7) is 3.80. The fraction of sp³-hybridized carbons (Fsp3) is 0.273. The van der Waals surface area contributed by atoms with Crippen molar-refractivity contribution >= 4 is 33.0 Å². The molecule has 0 bridgehead atoms. The summed E-state index contributed by atoms with van der Waals surface area (Å²) in [4.78, 5) is 7.67. The zero-order chi connectivity index (χ0) is 22.1. The average Bonchev–Trinajstić information content (AvgIpc) is 3.26. The van der Waals surface area contributed by atoms with Crippen molar-refractivity contribution in [2.75, 3.05) is 29.1 Å². The summed E-state index contributed by atoms with van der Waals surface area (Å²) in [5.74, 6) is 1.80. The zero-order valence-corrected chi connectivity index (χ0v) is 18.5. The maximum absolute atomic E-state index is 10.7. The minimum atomic E-state index is -2.82. The Hall–Kier alpha value is -3.21. The van der Waals surface area contributed by atoms with Crippen LogP contribution in [0.15, 0.2) is 53.4 Å². The Bertz CT molecular complexity index is 1250. The Morgan fingerprint density at radius 2 is 2.03 bits per heavy atom. The van der Waals surface area contributed by atoms with Gasteiger partial charge in [0, 0.05) is 43.2 Å². The first kappa shape index (κ1) is 20.7. The second-order valence-corrected chi connectivity index (χ2v) is 10.2. The Kier molecular flexibility index (Phi) is 5.41. The van der Waals surface area contributed by atoms with Crippen LogP contribution >= 0.6 is 10.6 Å². The average molecular weight is 452 g/mol. The van der Waals surface area contributed by atoms with E-state index in [-0.39, 0.29) is 5.75 Å². The van der Waals surface area contributed by atoms with Crippen LogP contribution in [-0.4, -0.2) is 53.6 Å². The van der Waals surface area contributed by atoms with Gasteiger partial charge >= 0.3 is 0 Å². The van der Waals surface area contributed by atoms with E-state index in [1.54, 1.807) is 0 Å². The van der Waals surface area contributed by atoms with Crippen LogP contribution in [0, 0.1) is 6.92 Å². The summed E-state index contributed by atoms with van der Waals surface area (Å²) in [6.07, 6.45) is 0.663. The smallest absolute Gasteiger partial charge is 0.150 e. The van der Waals surface area contributed by atoms with Gasteiger partial charge < -0.3 is 10.2 Å². The molecule has 1 aliphatic rings. The molecule has 2 aromatic heterocycles. The number of aromatic nitrogens is 5. The molecule has 0 atom stereocenters. The lowest BCUT2D eigenvalue weighted by molar-refractivity contribution is 0.488. The maximum Gasteiger partial charge on any atom is 0.150 e. The molecular formula is C22H25N7O2S. The largest absolute Gasteiger partial charge is 0.384 e. The van der Waals surface area contributed by atoms with E-state index in [2.05, 4.69) is 49.9 Å². The van der Waals surface area contributed by atoms with Crippen LogP contribution in [0.25, 0.3) is 10.9 Å². The summed E-state index contributed by atoms with van der Waals surface area (Å²) in [7, 11) is -2.82. The van der Waals surface area contributed by atoms with Crippen molar-refractivity contribution in [2.45, 2.75) is 24.8 Å². The molecule has 166 valence electrons. The summed E-state index contributed by atoms with van der Waals surface area (Å²) in [5, 5.41) is 18.5. The molecule has 0 saturated heterocycles. The summed E-state index contributed by atoms with van der Waals surface area (Å²) in [5.41, 5.74) is 3.95. The van der Waals surface area contributed by atoms with Crippen LogP contribution in [0.2, 0.25) is 0 Å². The molecule has 0 amide bonds. The van der Waals surface area contributed by atoms with Crippen LogP contribution in [-0.2, 0) is 13.0 Å². The monoisotopic (exact) mass is 451 g/mol. The van der Waals surface area contributed by atoms with Gasteiger partial charge in [-0.2, -0.15) is 10.6 Å². The Labute approximate surface area is 187 Å². The van der Waals surface area contributed by atoms with E-state index in [1.165, 1.54) is 0 Å². The molecule has 0 aliphatic carbocycles. The van der Waals surface area contributed by atoms with Crippen LogP contribution in [0.3, 0.4) is 0 Å². The number of H-pyrrole nitrogens is 1. The molecule has 5 rings (SSSR count). The first-order chi connectivity index (χ1) is 15.5. The van der Waals surface area contributed by atoms with E-state index in [0.717, 1.165) is 39.4 Å². The highest BCUT2D eigenvalue weighted by molar-refractivity contribution is 8.24. The molecule has 0 unspecified atom stereocenters. The fourth-order valence-corrected chi connectivity index (χ4v) is 5.56. The summed E-state index contributed by atoms with van der Waals surface area (Å²) < 4.78 is 21.4. The number of benzene rings is 2. The van der Waals surface area contributed by atoms with Gasteiger partial charge in [0.25, 0.3) is 0 Å². The highest BCUT2D eigenvalue weighted by atomic mass is 32.3. The van der Waals surface area contributed by atoms with Gasteiger partial charge in [-0.1, -0.05) is 29.8 Å². The number of rotatable bonds is 5. The lowest BCUT2D eigenvalue weighted by Gasteiger charge is -2.32. The quantitative estimate of drug-likeness (QED) is 0.361. The highest BCUT2D eigenvalue weighted by Gasteiger charge is 2.26. The predicted molar refractivity (Wildman–Crippen MR) is 126 cm³/mol. The van der Waals surface area contributed by atoms with Gasteiger partial charge in [0.05, 0.1) is 16.2 Å². The number of aromatic amines is 1. The highest BCUT2D eigenvalue weighted by Crippen LogP contribution is 2.51. The molecule has 3 heterocycles. The van der Waals surface area contributed by atoms with E-state index >= 15 is 0 Å². The first-order valence-electron chi connectivity index (χ1n) is 10.5. The van der Waals surface area contributed by atoms with Crippen molar-refractivity contribution in [3.05, 3.63) is 65.5 Å². The van der Waals surface area contributed by atoms with Gasteiger partial charge in [0.1, 0.15) is 11.6 Å². The molecule has 4 aromatic rings. The Morgan fingerprint density at radius 3 is 2.88 bits per heavy atom. The minimum absolute atomic E-state index is 0.277. The molecule has 9 nitrogen and oxygen atoms in total. The summed E-state index contributed by atoms with van der Waals surface area (Å²) >= 11 is 0. The van der Waals surface area contributed by atoms with E-state index in [4.69, 9.17) is 4.98 Å². The first-order valence-corrected chi connectivity index (χ1v) is 12.2. The number of fused-ring (bicyclic) bond motifs is 2. The molecule has 0 saturated carbocycles. The molecule has 4 N–H and O–H groups in total. The number of hydrogen-bond acceptors (Lipinski definition) is 8. The van der Waals surface area contributed by atoms with Crippen LogP contribution in [0.5, 0.6) is 0 Å². The standard InChI is InChI=1S/C22H25N7O2S/c1-15-6-7-18-17(12-15)19(23-9-8-21-25-27-28-26-21)13-22(24-18)29-10-11-32(30,31)20-5-3-2-4-16(20)14-29/h2-7,12-13,30-31H,8-11,14H2,1H3,(H,23,24)(H,25,26,27,28). The van der Waals surface area contributed by atoms with Gasteiger partial charge in [0.15, 0.2) is 0 Å². The molecule has 1 aliphatic heterocycles. The topological polar surface area (TPSA) is 123 Å².